The summed E-state index contributed by atoms with van der Waals surface area (Å²) in [4.78, 5) is 42.3. The van der Waals surface area contributed by atoms with Gasteiger partial charge >= 0.3 is 6.09 Å². The van der Waals surface area contributed by atoms with E-state index in [1.165, 1.54) is 0 Å². The summed E-state index contributed by atoms with van der Waals surface area (Å²) in [7, 11) is 0. The Morgan fingerprint density at radius 2 is 1.60 bits per heavy atom. The number of amides is 2. The van der Waals surface area contributed by atoms with Crippen molar-refractivity contribution >= 4 is 17.8 Å². The Labute approximate surface area is 256 Å². The van der Waals surface area contributed by atoms with Gasteiger partial charge in [0, 0.05) is 44.7 Å². The molecule has 2 amide bonds. The Balaban J connectivity index is 1.40. The summed E-state index contributed by atoms with van der Waals surface area (Å²) in [5.74, 6) is 0.775. The van der Waals surface area contributed by atoms with Crippen molar-refractivity contribution in [2.24, 2.45) is 0 Å². The van der Waals surface area contributed by atoms with Gasteiger partial charge in [0.1, 0.15) is 17.4 Å². The number of carbonyl (C=O) groups is 3. The van der Waals surface area contributed by atoms with E-state index in [0.29, 0.717) is 32.7 Å². The highest BCUT2D eigenvalue weighted by Crippen LogP contribution is 2.16. The molecule has 0 spiro atoms. The maximum absolute atomic E-state index is 13.4. The fraction of sp³-hybridized carbons (Fsp3) is 0.559. The van der Waals surface area contributed by atoms with E-state index in [9.17, 15) is 14.4 Å². The molecule has 236 valence electrons. The van der Waals surface area contributed by atoms with Gasteiger partial charge in [-0.05, 0) is 63.4 Å². The average Bonchev–Trinajstić information content (AvgIpc) is 2.99. The number of piperazine rings is 1. The van der Waals surface area contributed by atoms with Crippen molar-refractivity contribution in [3.63, 3.8) is 0 Å². The Hall–Kier alpha value is -3.43. The number of ether oxygens (including phenoxy) is 3. The maximum Gasteiger partial charge on any atom is 0.408 e. The van der Waals surface area contributed by atoms with Crippen molar-refractivity contribution in [2.45, 2.75) is 78.0 Å². The third kappa shape index (κ3) is 12.8. The van der Waals surface area contributed by atoms with E-state index in [1.54, 1.807) is 25.7 Å². The number of rotatable bonds is 16. The van der Waals surface area contributed by atoms with Crippen molar-refractivity contribution in [3.8, 4) is 5.75 Å². The fourth-order valence-electron chi connectivity index (χ4n) is 4.80. The quantitative estimate of drug-likeness (QED) is 0.203. The van der Waals surface area contributed by atoms with Crippen LogP contribution in [0.5, 0.6) is 5.75 Å². The van der Waals surface area contributed by atoms with E-state index >= 15 is 0 Å². The van der Waals surface area contributed by atoms with Crippen molar-refractivity contribution < 1.29 is 28.6 Å². The van der Waals surface area contributed by atoms with E-state index in [1.807, 2.05) is 54.6 Å². The molecule has 2 aromatic carbocycles. The van der Waals surface area contributed by atoms with Crippen LogP contribution in [0.2, 0.25) is 0 Å². The number of hydrogen-bond acceptors (Lipinski definition) is 7. The summed E-state index contributed by atoms with van der Waals surface area (Å²) >= 11 is 0. The molecule has 0 radical (unpaired) electrons. The van der Waals surface area contributed by atoms with E-state index in [-0.39, 0.29) is 18.3 Å². The normalized spacial score (nSPS) is 14.7. The van der Waals surface area contributed by atoms with Crippen LogP contribution in [0.3, 0.4) is 0 Å². The third-order valence-corrected chi connectivity index (χ3v) is 7.14. The molecule has 0 aliphatic carbocycles. The molecule has 1 atom stereocenters. The van der Waals surface area contributed by atoms with Crippen LogP contribution in [0, 0.1) is 0 Å². The summed E-state index contributed by atoms with van der Waals surface area (Å²) in [6, 6.07) is 16.3. The molecule has 0 bridgehead atoms. The predicted molar refractivity (Wildman–Crippen MR) is 167 cm³/mol. The minimum Gasteiger partial charge on any atom is -0.494 e. The first kappa shape index (κ1) is 34.1. The van der Waals surface area contributed by atoms with Gasteiger partial charge in [0.2, 0.25) is 5.91 Å². The van der Waals surface area contributed by atoms with Crippen LogP contribution in [0.15, 0.2) is 54.6 Å². The summed E-state index contributed by atoms with van der Waals surface area (Å²) in [6.07, 6.45) is 3.92. The van der Waals surface area contributed by atoms with Gasteiger partial charge in [-0.2, -0.15) is 0 Å². The van der Waals surface area contributed by atoms with Gasteiger partial charge in [0.05, 0.1) is 19.8 Å². The Morgan fingerprint density at radius 3 is 2.26 bits per heavy atom. The van der Waals surface area contributed by atoms with Crippen molar-refractivity contribution in [1.82, 2.24) is 15.1 Å². The SMILES string of the molecule is CCCCCC(=O)c1ccc(OCCCN2CCN(C(=O)[C@H](COCc3ccccc3)NC(=O)OC(C)(C)C)CC2)cc1. The van der Waals surface area contributed by atoms with Crippen molar-refractivity contribution in [2.75, 3.05) is 45.9 Å². The number of Topliss-reactive ketones (excluding diaryl/α,β-unsaturated/α-hetero) is 1. The molecule has 1 aliphatic heterocycles. The second-order valence-corrected chi connectivity index (χ2v) is 12.0. The number of hydrogen-bond donors (Lipinski definition) is 1. The molecule has 9 nitrogen and oxygen atoms in total. The molecule has 1 saturated heterocycles. The second kappa shape index (κ2) is 17.6. The molecule has 3 rings (SSSR count). The Morgan fingerprint density at radius 1 is 0.907 bits per heavy atom. The molecular weight excluding hydrogens is 546 g/mol. The van der Waals surface area contributed by atoms with E-state index in [2.05, 4.69) is 17.1 Å². The number of nitrogens with one attached hydrogen (secondary N) is 1. The number of benzene rings is 2. The van der Waals surface area contributed by atoms with Gasteiger partial charge < -0.3 is 24.4 Å². The molecule has 1 fully saturated rings. The highest BCUT2D eigenvalue weighted by molar-refractivity contribution is 5.96. The highest BCUT2D eigenvalue weighted by Gasteiger charge is 2.30. The first-order valence-electron chi connectivity index (χ1n) is 15.5. The largest absolute Gasteiger partial charge is 0.494 e. The topological polar surface area (TPSA) is 97.4 Å². The molecule has 9 heteroatoms. The number of ketones is 1. The number of nitrogens with zero attached hydrogens (tertiary/aromatic N) is 2. The monoisotopic (exact) mass is 595 g/mol. The summed E-state index contributed by atoms with van der Waals surface area (Å²) in [5.41, 5.74) is 1.06. The average molecular weight is 596 g/mol. The van der Waals surface area contributed by atoms with Crippen LogP contribution in [0.4, 0.5) is 4.79 Å². The minimum absolute atomic E-state index is 0.0541. The lowest BCUT2D eigenvalue weighted by Gasteiger charge is -2.36. The van der Waals surface area contributed by atoms with Gasteiger partial charge in [0.25, 0.3) is 0 Å². The van der Waals surface area contributed by atoms with Crippen LogP contribution >= 0.6 is 0 Å². The second-order valence-electron chi connectivity index (χ2n) is 12.0. The molecule has 1 N–H and O–H groups in total. The van der Waals surface area contributed by atoms with Crippen LogP contribution in [-0.2, 0) is 20.9 Å². The molecule has 2 aromatic rings. The molecule has 0 aromatic heterocycles. The third-order valence-electron chi connectivity index (χ3n) is 7.14. The summed E-state index contributed by atoms with van der Waals surface area (Å²) in [6.45, 7) is 11.9. The Kier molecular flexibility index (Phi) is 14.0. The maximum atomic E-state index is 13.4. The number of carbonyl (C=O) groups excluding carboxylic acids is 3. The zero-order chi connectivity index (χ0) is 31.1. The number of alkyl carbamates (subject to hydrolysis) is 1. The standard InChI is InChI=1S/C34H49N3O6/c1-5-6-8-14-31(38)28-15-17-29(18-16-28)42-24-11-19-36-20-22-37(23-21-36)32(39)30(35-33(40)43-34(2,3)4)26-41-25-27-12-9-7-10-13-27/h7,9-10,12-13,15-18,30H,5-6,8,11,14,19-26H2,1-4H3,(H,35,40)/t30-/m0/s1. The molecule has 1 aliphatic rings. The van der Waals surface area contributed by atoms with Crippen molar-refractivity contribution in [1.29, 1.82) is 0 Å². The highest BCUT2D eigenvalue weighted by atomic mass is 16.6. The van der Waals surface area contributed by atoms with E-state index in [0.717, 1.165) is 62.2 Å². The van der Waals surface area contributed by atoms with Gasteiger partial charge in [-0.15, -0.1) is 0 Å². The molecule has 43 heavy (non-hydrogen) atoms. The first-order chi connectivity index (χ1) is 20.6. The minimum atomic E-state index is -0.837. The lowest BCUT2D eigenvalue weighted by Crippen LogP contribution is -2.56. The van der Waals surface area contributed by atoms with Crippen LogP contribution in [-0.4, -0.2) is 85.2 Å². The molecular formula is C34H49N3O6. The lowest BCUT2D eigenvalue weighted by molar-refractivity contribution is -0.137. The van der Waals surface area contributed by atoms with Crippen LogP contribution < -0.4 is 10.1 Å². The molecule has 1 heterocycles. The molecule has 0 unspecified atom stereocenters. The fourth-order valence-corrected chi connectivity index (χ4v) is 4.80. The van der Waals surface area contributed by atoms with Crippen molar-refractivity contribution in [3.05, 3.63) is 65.7 Å². The Bertz CT molecular complexity index is 1130. The van der Waals surface area contributed by atoms with E-state index < -0.39 is 17.7 Å². The van der Waals surface area contributed by atoms with Crippen LogP contribution in [0.1, 0.15) is 75.7 Å². The van der Waals surface area contributed by atoms with Crippen LogP contribution in [0.25, 0.3) is 0 Å². The van der Waals surface area contributed by atoms with Gasteiger partial charge in [0.15, 0.2) is 5.78 Å². The van der Waals surface area contributed by atoms with Gasteiger partial charge in [-0.1, -0.05) is 50.1 Å². The first-order valence-corrected chi connectivity index (χ1v) is 15.5. The van der Waals surface area contributed by atoms with Gasteiger partial charge in [-0.3, -0.25) is 14.5 Å². The summed E-state index contributed by atoms with van der Waals surface area (Å²) < 4.78 is 17.1. The molecule has 0 saturated carbocycles. The van der Waals surface area contributed by atoms with Gasteiger partial charge in [-0.25, -0.2) is 4.79 Å². The number of unbranched alkanes of at least 4 members (excludes halogenated alkanes) is 2. The zero-order valence-electron chi connectivity index (χ0n) is 26.3. The summed E-state index contributed by atoms with van der Waals surface area (Å²) in [5, 5.41) is 2.72. The smallest absolute Gasteiger partial charge is 0.408 e. The van der Waals surface area contributed by atoms with E-state index in [4.69, 9.17) is 14.2 Å². The predicted octanol–water partition coefficient (Wildman–Crippen LogP) is 5.47. The zero-order valence-corrected chi connectivity index (χ0v) is 26.3. The lowest BCUT2D eigenvalue weighted by atomic mass is 10.0.